The van der Waals surface area contributed by atoms with E-state index in [1.807, 2.05) is 0 Å². The van der Waals surface area contributed by atoms with Crippen molar-refractivity contribution in [2.24, 2.45) is 0 Å². The van der Waals surface area contributed by atoms with Gasteiger partial charge in [0.05, 0.1) is 19.7 Å². The highest BCUT2D eigenvalue weighted by Gasteiger charge is 2.29. The Labute approximate surface area is 112 Å². The van der Waals surface area contributed by atoms with Gasteiger partial charge < -0.3 is 20.1 Å². The first-order chi connectivity index (χ1) is 9.16. The van der Waals surface area contributed by atoms with Crippen LogP contribution in [-0.4, -0.2) is 85.3 Å². The lowest BCUT2D eigenvalue weighted by atomic mass is 10.2. The van der Waals surface area contributed by atoms with Crippen LogP contribution < -0.4 is 5.32 Å². The second-order valence-corrected chi connectivity index (χ2v) is 4.92. The molecule has 108 valence electrons. The molecule has 0 aromatic carbocycles. The highest BCUT2D eigenvalue weighted by molar-refractivity contribution is 5.80. The number of morpholine rings is 1. The summed E-state index contributed by atoms with van der Waals surface area (Å²) >= 11 is 0. The third kappa shape index (κ3) is 4.15. The molecule has 0 radical (unpaired) electrons. The van der Waals surface area contributed by atoms with Crippen LogP contribution in [0.15, 0.2) is 0 Å². The number of carboxylic acid groups (broad SMARTS) is 1. The fourth-order valence-electron chi connectivity index (χ4n) is 2.38. The number of amides is 1. The number of hydrogen-bond acceptors (Lipinski definition) is 5. The van der Waals surface area contributed by atoms with Gasteiger partial charge in [-0.05, 0) is 19.5 Å². The third-order valence-electron chi connectivity index (χ3n) is 3.49. The van der Waals surface area contributed by atoms with Gasteiger partial charge in [-0.25, -0.2) is 4.79 Å². The van der Waals surface area contributed by atoms with E-state index >= 15 is 0 Å². The van der Waals surface area contributed by atoms with Gasteiger partial charge in [0.1, 0.15) is 0 Å². The maximum absolute atomic E-state index is 12.2. The van der Waals surface area contributed by atoms with E-state index in [0.717, 1.165) is 32.6 Å². The molecule has 2 rings (SSSR count). The molecular weight excluding hydrogens is 250 g/mol. The molecule has 0 bridgehead atoms. The van der Waals surface area contributed by atoms with Crippen molar-refractivity contribution in [2.75, 3.05) is 52.4 Å². The summed E-state index contributed by atoms with van der Waals surface area (Å²) in [5.74, 6) is -1.01. The Morgan fingerprint density at radius 3 is 2.89 bits per heavy atom. The van der Waals surface area contributed by atoms with E-state index in [9.17, 15) is 9.59 Å². The quantitative estimate of drug-likeness (QED) is 0.656. The number of ether oxygens (including phenoxy) is 1. The monoisotopic (exact) mass is 271 g/mol. The van der Waals surface area contributed by atoms with Crippen LogP contribution in [0, 0.1) is 0 Å². The number of carbonyl (C=O) groups excluding carboxylic acids is 1. The number of rotatable bonds is 3. The van der Waals surface area contributed by atoms with Gasteiger partial charge in [-0.1, -0.05) is 0 Å². The predicted molar refractivity (Wildman–Crippen MR) is 67.9 cm³/mol. The van der Waals surface area contributed by atoms with Gasteiger partial charge >= 0.3 is 5.97 Å². The molecule has 7 heteroatoms. The maximum Gasteiger partial charge on any atom is 0.334 e. The van der Waals surface area contributed by atoms with Crippen LogP contribution in [-0.2, 0) is 14.3 Å². The van der Waals surface area contributed by atoms with Gasteiger partial charge in [0.2, 0.25) is 5.91 Å². The number of nitrogens with zero attached hydrogens (tertiary/aromatic N) is 2. The predicted octanol–water partition coefficient (Wildman–Crippen LogP) is -1.41. The Balaban J connectivity index is 1.83. The molecule has 2 aliphatic heterocycles. The van der Waals surface area contributed by atoms with Gasteiger partial charge in [-0.3, -0.25) is 9.69 Å². The first-order valence-electron chi connectivity index (χ1n) is 6.72. The fourth-order valence-corrected chi connectivity index (χ4v) is 2.38. The Morgan fingerprint density at radius 1 is 1.26 bits per heavy atom. The van der Waals surface area contributed by atoms with Crippen molar-refractivity contribution in [1.29, 1.82) is 0 Å². The molecule has 0 saturated carbocycles. The minimum Gasteiger partial charge on any atom is -0.479 e. The van der Waals surface area contributed by atoms with Crippen LogP contribution in [0.1, 0.15) is 6.42 Å². The van der Waals surface area contributed by atoms with Crippen molar-refractivity contribution >= 4 is 11.9 Å². The molecule has 1 atom stereocenters. The lowest BCUT2D eigenvalue weighted by molar-refractivity contribution is -0.159. The van der Waals surface area contributed by atoms with Crippen LogP contribution in [0.5, 0.6) is 0 Å². The molecule has 1 unspecified atom stereocenters. The summed E-state index contributed by atoms with van der Waals surface area (Å²) in [5.41, 5.74) is 0. The zero-order valence-corrected chi connectivity index (χ0v) is 11.0. The smallest absolute Gasteiger partial charge is 0.334 e. The Kier molecular flexibility index (Phi) is 5.12. The van der Waals surface area contributed by atoms with Crippen LogP contribution >= 0.6 is 0 Å². The molecule has 0 spiro atoms. The van der Waals surface area contributed by atoms with E-state index in [-0.39, 0.29) is 12.5 Å². The summed E-state index contributed by atoms with van der Waals surface area (Å²) in [7, 11) is 0. The lowest BCUT2D eigenvalue weighted by Crippen LogP contribution is -2.51. The van der Waals surface area contributed by atoms with E-state index in [0.29, 0.717) is 19.7 Å². The van der Waals surface area contributed by atoms with Crippen molar-refractivity contribution < 1.29 is 19.4 Å². The summed E-state index contributed by atoms with van der Waals surface area (Å²) in [6.07, 6.45) is 0.150. The minimum absolute atomic E-state index is 0.00329. The lowest BCUT2D eigenvalue weighted by Gasteiger charge is -2.32. The third-order valence-corrected chi connectivity index (χ3v) is 3.49. The molecule has 2 heterocycles. The van der Waals surface area contributed by atoms with Crippen molar-refractivity contribution in [3.05, 3.63) is 0 Å². The second-order valence-electron chi connectivity index (χ2n) is 4.92. The summed E-state index contributed by atoms with van der Waals surface area (Å²) in [6, 6.07) is 0. The number of aliphatic carboxylic acids is 1. The zero-order valence-electron chi connectivity index (χ0n) is 11.0. The molecule has 0 aromatic heterocycles. The van der Waals surface area contributed by atoms with E-state index in [1.165, 1.54) is 0 Å². The summed E-state index contributed by atoms with van der Waals surface area (Å²) < 4.78 is 5.11. The van der Waals surface area contributed by atoms with Gasteiger partial charge in [0.25, 0.3) is 0 Å². The molecule has 0 aliphatic carbocycles. The molecule has 0 aromatic rings. The molecule has 2 fully saturated rings. The molecule has 7 nitrogen and oxygen atoms in total. The van der Waals surface area contributed by atoms with Crippen LogP contribution in [0.3, 0.4) is 0 Å². The highest BCUT2D eigenvalue weighted by atomic mass is 16.5. The van der Waals surface area contributed by atoms with E-state index in [2.05, 4.69) is 10.2 Å². The minimum atomic E-state index is -1.00. The standard InChI is InChI=1S/C12H21N3O4/c16-11(9-14-4-1-2-13-3-5-14)15-6-7-19-10(8-15)12(17)18/h10,13H,1-9H2,(H,17,18). The van der Waals surface area contributed by atoms with E-state index in [4.69, 9.17) is 9.84 Å². The number of nitrogens with one attached hydrogen (secondary N) is 1. The summed E-state index contributed by atoms with van der Waals surface area (Å²) in [5, 5.41) is 12.2. The van der Waals surface area contributed by atoms with Crippen LogP contribution in [0.2, 0.25) is 0 Å². The largest absolute Gasteiger partial charge is 0.479 e. The summed E-state index contributed by atoms with van der Waals surface area (Å²) in [6.45, 7) is 4.95. The Bertz CT molecular complexity index is 329. The molecule has 2 saturated heterocycles. The fraction of sp³-hybridized carbons (Fsp3) is 0.833. The van der Waals surface area contributed by atoms with Crippen molar-refractivity contribution in [3.8, 4) is 0 Å². The first kappa shape index (κ1) is 14.2. The van der Waals surface area contributed by atoms with Gasteiger partial charge in [-0.2, -0.15) is 0 Å². The number of hydrogen-bond donors (Lipinski definition) is 2. The second kappa shape index (κ2) is 6.83. The van der Waals surface area contributed by atoms with E-state index < -0.39 is 12.1 Å². The van der Waals surface area contributed by atoms with Gasteiger partial charge in [0.15, 0.2) is 6.10 Å². The molecular formula is C12H21N3O4. The Morgan fingerprint density at radius 2 is 2.11 bits per heavy atom. The van der Waals surface area contributed by atoms with Crippen LogP contribution in [0.25, 0.3) is 0 Å². The number of carbonyl (C=O) groups is 2. The van der Waals surface area contributed by atoms with Crippen molar-refractivity contribution in [1.82, 2.24) is 15.1 Å². The molecule has 2 N–H and O–H groups in total. The van der Waals surface area contributed by atoms with Gasteiger partial charge in [-0.15, -0.1) is 0 Å². The number of carboxylic acids is 1. The SMILES string of the molecule is O=C(O)C1CN(C(=O)CN2CCCNCC2)CCO1. The molecule has 19 heavy (non-hydrogen) atoms. The molecule has 1 amide bonds. The maximum atomic E-state index is 12.2. The Hall–Kier alpha value is -1.18. The van der Waals surface area contributed by atoms with Crippen molar-refractivity contribution in [3.63, 3.8) is 0 Å². The van der Waals surface area contributed by atoms with Crippen LogP contribution in [0.4, 0.5) is 0 Å². The van der Waals surface area contributed by atoms with Gasteiger partial charge in [0, 0.05) is 19.6 Å². The average molecular weight is 271 g/mol. The van der Waals surface area contributed by atoms with E-state index in [1.54, 1.807) is 4.90 Å². The zero-order chi connectivity index (χ0) is 13.7. The summed E-state index contributed by atoms with van der Waals surface area (Å²) in [4.78, 5) is 26.8. The topological polar surface area (TPSA) is 82.1 Å². The first-order valence-corrected chi connectivity index (χ1v) is 6.72. The highest BCUT2D eigenvalue weighted by Crippen LogP contribution is 2.07. The average Bonchev–Trinajstić information content (AvgIpc) is 2.67. The normalized spacial score (nSPS) is 25.9. The molecule has 2 aliphatic rings. The van der Waals surface area contributed by atoms with Crippen molar-refractivity contribution in [2.45, 2.75) is 12.5 Å².